The molecule has 3 rings (SSSR count). The van der Waals surface area contributed by atoms with Gasteiger partial charge in [0.05, 0.1) is 16.1 Å². The van der Waals surface area contributed by atoms with E-state index in [1.165, 1.54) is 30.3 Å². The Morgan fingerprint density at radius 3 is 2.38 bits per heavy atom. The van der Waals surface area contributed by atoms with Crippen molar-refractivity contribution in [2.24, 2.45) is 0 Å². The van der Waals surface area contributed by atoms with Crippen LogP contribution in [-0.2, 0) is 6.18 Å². The van der Waals surface area contributed by atoms with Crippen LogP contribution in [0.15, 0.2) is 53.1 Å². The monoisotopic (exact) mass is 427 g/mol. The van der Waals surface area contributed by atoms with Crippen LogP contribution in [0.1, 0.15) is 15.9 Å². The van der Waals surface area contributed by atoms with E-state index in [4.69, 9.17) is 16.1 Å². The van der Waals surface area contributed by atoms with Gasteiger partial charge in [0.15, 0.2) is 11.6 Å². The molecule has 1 aromatic heterocycles. The van der Waals surface area contributed by atoms with Crippen molar-refractivity contribution >= 4 is 29.4 Å². The molecule has 0 atom stereocenters. The number of anilines is 1. The van der Waals surface area contributed by atoms with Crippen molar-refractivity contribution in [2.75, 3.05) is 5.32 Å². The van der Waals surface area contributed by atoms with E-state index in [0.29, 0.717) is 0 Å². The largest absolute Gasteiger partial charge is 0.416 e. The number of nitrogens with one attached hydrogen (secondary N) is 2. The standard InChI is InChI=1S/C18H10ClF4N3O3/c19-11-2-1-3-12(20)15(11)16(27)25-17(28)24-14-8-13(29-26-14)9-4-6-10(7-5-9)18(21,22)23/h1-8H,(H2,24,25,26,27,28). The van der Waals surface area contributed by atoms with Crippen LogP contribution in [0.3, 0.4) is 0 Å². The molecule has 0 fully saturated rings. The number of halogens is 5. The summed E-state index contributed by atoms with van der Waals surface area (Å²) in [5.41, 5.74) is -1.05. The van der Waals surface area contributed by atoms with Crippen molar-refractivity contribution < 1.29 is 31.7 Å². The van der Waals surface area contributed by atoms with Crippen molar-refractivity contribution in [1.82, 2.24) is 10.5 Å². The van der Waals surface area contributed by atoms with Crippen molar-refractivity contribution in [1.29, 1.82) is 0 Å². The molecule has 2 N–H and O–H groups in total. The summed E-state index contributed by atoms with van der Waals surface area (Å²) in [6.45, 7) is 0. The first kappa shape index (κ1) is 20.3. The number of aromatic nitrogens is 1. The highest BCUT2D eigenvalue weighted by Gasteiger charge is 2.30. The third-order valence-corrected chi connectivity index (χ3v) is 3.98. The topological polar surface area (TPSA) is 84.2 Å². The maximum absolute atomic E-state index is 13.7. The molecular weight excluding hydrogens is 418 g/mol. The number of carbonyl (C=O) groups is 2. The lowest BCUT2D eigenvalue weighted by atomic mass is 10.1. The Balaban J connectivity index is 1.67. The fourth-order valence-electron chi connectivity index (χ4n) is 2.32. The van der Waals surface area contributed by atoms with Gasteiger partial charge < -0.3 is 4.52 Å². The Bertz CT molecular complexity index is 1040. The zero-order valence-electron chi connectivity index (χ0n) is 14.2. The Morgan fingerprint density at radius 1 is 1.07 bits per heavy atom. The first-order valence-electron chi connectivity index (χ1n) is 7.86. The average molecular weight is 428 g/mol. The smallest absolute Gasteiger partial charge is 0.354 e. The fourth-order valence-corrected chi connectivity index (χ4v) is 2.57. The summed E-state index contributed by atoms with van der Waals surface area (Å²) >= 11 is 5.75. The molecule has 0 aliphatic carbocycles. The molecule has 0 saturated carbocycles. The number of carbonyl (C=O) groups excluding carboxylic acids is 2. The van der Waals surface area contributed by atoms with E-state index in [2.05, 4.69) is 10.5 Å². The molecule has 3 aromatic rings. The summed E-state index contributed by atoms with van der Waals surface area (Å²) in [6.07, 6.45) is -4.47. The number of amides is 3. The van der Waals surface area contributed by atoms with E-state index >= 15 is 0 Å². The average Bonchev–Trinajstić information content (AvgIpc) is 3.09. The molecule has 0 radical (unpaired) electrons. The number of imide groups is 1. The zero-order valence-corrected chi connectivity index (χ0v) is 14.9. The van der Waals surface area contributed by atoms with Crippen molar-refractivity contribution in [3.05, 3.63) is 70.5 Å². The lowest BCUT2D eigenvalue weighted by Gasteiger charge is -2.06. The van der Waals surface area contributed by atoms with Gasteiger partial charge in [0.25, 0.3) is 5.91 Å². The van der Waals surface area contributed by atoms with Crippen LogP contribution in [0.4, 0.5) is 28.2 Å². The van der Waals surface area contributed by atoms with Gasteiger partial charge in [-0.2, -0.15) is 13.2 Å². The second-order valence-electron chi connectivity index (χ2n) is 5.66. The number of nitrogens with zero attached hydrogens (tertiary/aromatic N) is 1. The van der Waals surface area contributed by atoms with Crippen LogP contribution in [0.5, 0.6) is 0 Å². The van der Waals surface area contributed by atoms with Gasteiger partial charge >= 0.3 is 12.2 Å². The number of hydrogen-bond acceptors (Lipinski definition) is 4. The van der Waals surface area contributed by atoms with Crippen LogP contribution < -0.4 is 10.6 Å². The van der Waals surface area contributed by atoms with Crippen LogP contribution >= 0.6 is 11.6 Å². The molecule has 0 aliphatic rings. The van der Waals surface area contributed by atoms with E-state index in [-0.39, 0.29) is 22.2 Å². The molecule has 150 valence electrons. The molecular formula is C18H10ClF4N3O3. The first-order chi connectivity index (χ1) is 13.6. The van der Waals surface area contributed by atoms with Crippen molar-refractivity contribution in [2.45, 2.75) is 6.18 Å². The minimum Gasteiger partial charge on any atom is -0.354 e. The summed E-state index contributed by atoms with van der Waals surface area (Å²) in [5.74, 6) is -2.02. The molecule has 11 heteroatoms. The number of urea groups is 1. The maximum atomic E-state index is 13.7. The number of benzene rings is 2. The predicted octanol–water partition coefficient (Wildman–Crippen LogP) is 5.11. The molecule has 0 spiro atoms. The highest BCUT2D eigenvalue weighted by molar-refractivity contribution is 6.34. The van der Waals surface area contributed by atoms with Gasteiger partial charge in [0, 0.05) is 11.6 Å². The Hall–Kier alpha value is -3.40. The molecule has 0 aliphatic heterocycles. The summed E-state index contributed by atoms with van der Waals surface area (Å²) in [4.78, 5) is 23.9. The number of hydrogen-bond donors (Lipinski definition) is 2. The minimum absolute atomic E-state index is 0.0810. The quantitative estimate of drug-likeness (QED) is 0.568. The van der Waals surface area contributed by atoms with Gasteiger partial charge in [0.2, 0.25) is 0 Å². The van der Waals surface area contributed by atoms with Gasteiger partial charge in [-0.15, -0.1) is 0 Å². The third-order valence-electron chi connectivity index (χ3n) is 3.67. The summed E-state index contributed by atoms with van der Waals surface area (Å²) in [5, 5.41) is 7.42. The van der Waals surface area contributed by atoms with Crippen LogP contribution in [-0.4, -0.2) is 17.1 Å². The SMILES string of the molecule is O=C(NC(=O)c1c(F)cccc1Cl)Nc1cc(-c2ccc(C(F)(F)F)cc2)on1. The molecule has 3 amide bonds. The molecule has 1 heterocycles. The van der Waals surface area contributed by atoms with Gasteiger partial charge in [-0.1, -0.05) is 35.0 Å². The summed E-state index contributed by atoms with van der Waals surface area (Å²) in [6, 6.07) is 7.88. The normalized spacial score (nSPS) is 11.2. The van der Waals surface area contributed by atoms with Gasteiger partial charge in [-0.3, -0.25) is 15.4 Å². The lowest BCUT2D eigenvalue weighted by Crippen LogP contribution is -2.35. The van der Waals surface area contributed by atoms with Gasteiger partial charge in [-0.25, -0.2) is 9.18 Å². The molecule has 6 nitrogen and oxygen atoms in total. The fraction of sp³-hybridized carbons (Fsp3) is 0.0556. The van der Waals surface area contributed by atoms with Crippen LogP contribution in [0, 0.1) is 5.82 Å². The van der Waals surface area contributed by atoms with Gasteiger partial charge in [0.1, 0.15) is 5.82 Å². The second-order valence-corrected chi connectivity index (χ2v) is 6.06. The molecule has 29 heavy (non-hydrogen) atoms. The Labute approximate surface area is 165 Å². The van der Waals surface area contributed by atoms with Crippen molar-refractivity contribution in [3.8, 4) is 11.3 Å². The highest BCUT2D eigenvalue weighted by Crippen LogP contribution is 2.31. The zero-order chi connectivity index (χ0) is 21.2. The molecule has 0 bridgehead atoms. The highest BCUT2D eigenvalue weighted by atomic mass is 35.5. The van der Waals surface area contributed by atoms with Crippen molar-refractivity contribution in [3.63, 3.8) is 0 Å². The van der Waals surface area contributed by atoms with Crippen LogP contribution in [0.25, 0.3) is 11.3 Å². The molecule has 0 unspecified atom stereocenters. The van der Waals surface area contributed by atoms with E-state index in [9.17, 15) is 27.2 Å². The van der Waals surface area contributed by atoms with E-state index < -0.39 is 35.1 Å². The number of alkyl halides is 3. The Kier molecular flexibility index (Phi) is 5.55. The second kappa shape index (κ2) is 7.92. The molecule has 0 saturated heterocycles. The van der Waals surface area contributed by atoms with E-state index in [0.717, 1.165) is 18.2 Å². The third kappa shape index (κ3) is 4.72. The molecule has 2 aromatic carbocycles. The lowest BCUT2D eigenvalue weighted by molar-refractivity contribution is -0.137. The minimum atomic E-state index is -4.47. The number of rotatable bonds is 3. The van der Waals surface area contributed by atoms with Gasteiger partial charge in [-0.05, 0) is 24.3 Å². The van der Waals surface area contributed by atoms with E-state index in [1.54, 1.807) is 0 Å². The summed E-state index contributed by atoms with van der Waals surface area (Å²) in [7, 11) is 0. The van der Waals surface area contributed by atoms with E-state index in [1.807, 2.05) is 5.32 Å². The summed E-state index contributed by atoms with van der Waals surface area (Å²) < 4.78 is 56.5. The Morgan fingerprint density at radius 2 is 1.76 bits per heavy atom. The predicted molar refractivity (Wildman–Crippen MR) is 94.8 cm³/mol. The first-order valence-corrected chi connectivity index (χ1v) is 8.23. The van der Waals surface area contributed by atoms with Crippen LogP contribution in [0.2, 0.25) is 5.02 Å². The maximum Gasteiger partial charge on any atom is 0.416 e.